The molecular formula is C11H15IN2O2S. The first-order valence-corrected chi connectivity index (χ1v) is 7.32. The Balaban J connectivity index is 2.72. The zero-order valence-electron chi connectivity index (χ0n) is 10.2. The minimum Gasteiger partial charge on any atom is -0.444 e. The molecule has 0 aliphatic rings. The van der Waals surface area contributed by atoms with Crippen LogP contribution in [0.2, 0.25) is 0 Å². The van der Waals surface area contributed by atoms with Gasteiger partial charge in [-0.15, -0.1) is 11.8 Å². The van der Waals surface area contributed by atoms with Crippen molar-refractivity contribution in [2.75, 3.05) is 11.6 Å². The van der Waals surface area contributed by atoms with Gasteiger partial charge in [0.25, 0.3) is 0 Å². The van der Waals surface area contributed by atoms with E-state index in [0.717, 1.165) is 8.47 Å². The Morgan fingerprint density at radius 1 is 1.53 bits per heavy atom. The van der Waals surface area contributed by atoms with Gasteiger partial charge in [-0.1, -0.05) is 0 Å². The minimum atomic E-state index is -0.504. The third-order valence-corrected chi connectivity index (χ3v) is 3.67. The van der Waals surface area contributed by atoms with Gasteiger partial charge in [-0.3, -0.25) is 5.32 Å². The first-order chi connectivity index (χ1) is 7.81. The summed E-state index contributed by atoms with van der Waals surface area (Å²) in [4.78, 5) is 16.7. The Labute approximate surface area is 119 Å². The van der Waals surface area contributed by atoms with Crippen molar-refractivity contribution in [1.29, 1.82) is 0 Å². The monoisotopic (exact) mass is 366 g/mol. The Hall–Kier alpha value is -0.500. The smallest absolute Gasteiger partial charge is 0.413 e. The highest BCUT2D eigenvalue weighted by molar-refractivity contribution is 14.1. The summed E-state index contributed by atoms with van der Waals surface area (Å²) in [5.74, 6) is 0.504. The highest BCUT2D eigenvalue weighted by Gasteiger charge is 2.16. The average molecular weight is 366 g/mol. The molecule has 1 aromatic heterocycles. The van der Waals surface area contributed by atoms with Crippen molar-refractivity contribution in [2.24, 2.45) is 0 Å². The van der Waals surface area contributed by atoms with E-state index in [1.54, 1.807) is 18.0 Å². The third-order valence-electron chi connectivity index (χ3n) is 1.67. The molecule has 0 saturated heterocycles. The number of hydrogen-bond acceptors (Lipinski definition) is 4. The molecule has 0 aromatic carbocycles. The van der Waals surface area contributed by atoms with E-state index in [9.17, 15) is 4.79 Å². The van der Waals surface area contributed by atoms with Crippen LogP contribution in [-0.4, -0.2) is 22.9 Å². The van der Waals surface area contributed by atoms with Crippen LogP contribution in [0.5, 0.6) is 0 Å². The summed E-state index contributed by atoms with van der Waals surface area (Å²) in [7, 11) is 0. The number of nitrogens with zero attached hydrogens (tertiary/aromatic N) is 1. The fourth-order valence-corrected chi connectivity index (χ4v) is 2.49. The number of amides is 1. The molecule has 4 nitrogen and oxygen atoms in total. The van der Waals surface area contributed by atoms with E-state index < -0.39 is 11.7 Å². The molecule has 0 bridgehead atoms. The van der Waals surface area contributed by atoms with Crippen molar-refractivity contribution in [3.63, 3.8) is 0 Å². The number of halogens is 1. The van der Waals surface area contributed by atoms with E-state index in [4.69, 9.17) is 4.74 Å². The summed E-state index contributed by atoms with van der Waals surface area (Å²) in [6, 6.07) is 1.83. The van der Waals surface area contributed by atoms with Gasteiger partial charge in [-0.25, -0.2) is 9.78 Å². The maximum Gasteiger partial charge on any atom is 0.413 e. The molecular weight excluding hydrogens is 351 g/mol. The van der Waals surface area contributed by atoms with Gasteiger partial charge >= 0.3 is 6.09 Å². The van der Waals surface area contributed by atoms with Crippen LogP contribution in [0.3, 0.4) is 0 Å². The predicted octanol–water partition coefficient (Wildman–Crippen LogP) is 3.76. The zero-order valence-corrected chi connectivity index (χ0v) is 13.2. The van der Waals surface area contributed by atoms with E-state index in [-0.39, 0.29) is 0 Å². The maximum absolute atomic E-state index is 11.5. The lowest BCUT2D eigenvalue weighted by Gasteiger charge is -2.19. The van der Waals surface area contributed by atoms with Gasteiger partial charge in [-0.2, -0.15) is 0 Å². The Kier molecular flexibility index (Phi) is 5.05. The van der Waals surface area contributed by atoms with E-state index >= 15 is 0 Å². The summed E-state index contributed by atoms with van der Waals surface area (Å²) < 4.78 is 6.21. The number of pyridine rings is 1. The first kappa shape index (κ1) is 14.6. The number of ether oxygens (including phenoxy) is 1. The standard InChI is InChI=1S/C11H15IN2O2S/c1-11(2,3)16-10(15)14-9-5-8(17-4)7(12)6-13-9/h5-6H,1-4H3,(H,13,14,15). The summed E-state index contributed by atoms with van der Waals surface area (Å²) in [6.45, 7) is 5.46. The second kappa shape index (κ2) is 5.90. The predicted molar refractivity (Wildman–Crippen MR) is 78.6 cm³/mol. The van der Waals surface area contributed by atoms with E-state index in [1.165, 1.54) is 0 Å². The average Bonchev–Trinajstić information content (AvgIpc) is 2.18. The number of anilines is 1. The van der Waals surface area contributed by atoms with Crippen molar-refractivity contribution in [1.82, 2.24) is 4.98 Å². The second-order valence-electron chi connectivity index (χ2n) is 4.33. The van der Waals surface area contributed by atoms with E-state index in [0.29, 0.717) is 5.82 Å². The summed E-state index contributed by atoms with van der Waals surface area (Å²) >= 11 is 3.82. The topological polar surface area (TPSA) is 51.2 Å². The van der Waals surface area contributed by atoms with Crippen LogP contribution in [0.4, 0.5) is 10.6 Å². The lowest BCUT2D eigenvalue weighted by atomic mass is 10.2. The van der Waals surface area contributed by atoms with E-state index in [1.807, 2.05) is 33.1 Å². The number of carbonyl (C=O) groups is 1. The highest BCUT2D eigenvalue weighted by Crippen LogP contribution is 2.24. The van der Waals surface area contributed by atoms with Crippen molar-refractivity contribution < 1.29 is 9.53 Å². The van der Waals surface area contributed by atoms with Crippen LogP contribution in [0.15, 0.2) is 17.2 Å². The molecule has 1 N–H and O–H groups in total. The maximum atomic E-state index is 11.5. The molecule has 1 aromatic rings. The molecule has 0 aliphatic carbocycles. The number of rotatable bonds is 2. The van der Waals surface area contributed by atoms with E-state index in [2.05, 4.69) is 32.9 Å². The number of nitrogens with one attached hydrogen (secondary N) is 1. The van der Waals surface area contributed by atoms with Gasteiger partial charge in [0.1, 0.15) is 11.4 Å². The fraction of sp³-hybridized carbons (Fsp3) is 0.455. The second-order valence-corrected chi connectivity index (χ2v) is 6.34. The van der Waals surface area contributed by atoms with Crippen LogP contribution in [0.1, 0.15) is 20.8 Å². The largest absolute Gasteiger partial charge is 0.444 e. The van der Waals surface area contributed by atoms with Crippen LogP contribution in [0, 0.1) is 3.57 Å². The van der Waals surface area contributed by atoms with Gasteiger partial charge in [0, 0.05) is 14.7 Å². The van der Waals surface area contributed by atoms with Gasteiger partial charge < -0.3 is 4.74 Å². The Morgan fingerprint density at radius 2 is 2.18 bits per heavy atom. The minimum absolute atomic E-state index is 0.488. The van der Waals surface area contributed by atoms with Crippen molar-refractivity contribution in [3.05, 3.63) is 15.8 Å². The first-order valence-electron chi connectivity index (χ1n) is 5.01. The normalized spacial score (nSPS) is 11.1. The van der Waals surface area contributed by atoms with Crippen LogP contribution >= 0.6 is 34.4 Å². The van der Waals surface area contributed by atoms with Crippen molar-refractivity contribution >= 4 is 46.3 Å². The molecule has 0 fully saturated rings. The number of hydrogen-bond donors (Lipinski definition) is 1. The summed E-state index contributed by atoms with van der Waals surface area (Å²) in [6.07, 6.45) is 3.21. The molecule has 1 rings (SSSR count). The molecule has 0 saturated carbocycles. The van der Waals surface area contributed by atoms with Crippen LogP contribution in [-0.2, 0) is 4.74 Å². The number of aromatic nitrogens is 1. The third kappa shape index (κ3) is 5.12. The van der Waals surface area contributed by atoms with Crippen LogP contribution in [0.25, 0.3) is 0 Å². The van der Waals surface area contributed by atoms with Crippen LogP contribution < -0.4 is 5.32 Å². The molecule has 0 aliphatic heterocycles. The molecule has 0 unspecified atom stereocenters. The highest BCUT2D eigenvalue weighted by atomic mass is 127. The lowest BCUT2D eigenvalue weighted by Crippen LogP contribution is -2.27. The molecule has 1 amide bonds. The molecule has 0 radical (unpaired) electrons. The van der Waals surface area contributed by atoms with Gasteiger partial charge in [0.05, 0.1) is 0 Å². The number of thioether (sulfide) groups is 1. The van der Waals surface area contributed by atoms with Crippen molar-refractivity contribution in [2.45, 2.75) is 31.3 Å². The molecule has 17 heavy (non-hydrogen) atoms. The Morgan fingerprint density at radius 3 is 2.71 bits per heavy atom. The van der Waals surface area contributed by atoms with Gasteiger partial charge in [0.2, 0.25) is 0 Å². The van der Waals surface area contributed by atoms with Gasteiger partial charge in [0.15, 0.2) is 0 Å². The molecule has 0 spiro atoms. The lowest BCUT2D eigenvalue weighted by molar-refractivity contribution is 0.0635. The molecule has 0 atom stereocenters. The quantitative estimate of drug-likeness (QED) is 0.640. The summed E-state index contributed by atoms with van der Waals surface area (Å²) in [5, 5.41) is 2.61. The summed E-state index contributed by atoms with van der Waals surface area (Å²) in [5.41, 5.74) is -0.504. The molecule has 1 heterocycles. The molecule has 6 heteroatoms. The van der Waals surface area contributed by atoms with Crippen molar-refractivity contribution in [3.8, 4) is 0 Å². The molecule has 94 valence electrons. The SMILES string of the molecule is CSc1cc(NC(=O)OC(C)(C)C)ncc1I. The zero-order chi connectivity index (χ0) is 13.1. The van der Waals surface area contributed by atoms with Gasteiger partial charge in [-0.05, 0) is 55.7 Å². The fourth-order valence-electron chi connectivity index (χ4n) is 1.05. The Bertz CT molecular complexity index is 418. The number of carbonyl (C=O) groups excluding carboxylic acids is 1.